The minimum atomic E-state index is -0.207. The van der Waals surface area contributed by atoms with Crippen molar-refractivity contribution in [3.8, 4) is 0 Å². The lowest BCUT2D eigenvalue weighted by atomic mass is 10.2. The van der Waals surface area contributed by atoms with Gasteiger partial charge in [-0.3, -0.25) is 9.59 Å². The molecule has 0 radical (unpaired) electrons. The van der Waals surface area contributed by atoms with E-state index in [1.165, 1.54) is 0 Å². The number of ether oxygens (including phenoxy) is 1. The molecule has 0 atom stereocenters. The molecule has 5 nitrogen and oxygen atoms in total. The molecular formula is C15H21ClN2O3. The molecule has 1 aromatic carbocycles. The summed E-state index contributed by atoms with van der Waals surface area (Å²) in [7, 11) is 3.38. The molecule has 0 aliphatic carbocycles. The number of rotatable bonds is 8. The van der Waals surface area contributed by atoms with E-state index in [0.29, 0.717) is 30.3 Å². The van der Waals surface area contributed by atoms with Gasteiger partial charge in [0.25, 0.3) is 5.91 Å². The monoisotopic (exact) mass is 312 g/mol. The molecule has 0 heterocycles. The molecule has 0 saturated heterocycles. The molecule has 116 valence electrons. The topological polar surface area (TPSA) is 58.6 Å². The Morgan fingerprint density at radius 1 is 1.29 bits per heavy atom. The summed E-state index contributed by atoms with van der Waals surface area (Å²) in [5.74, 6) is -0.205. The third-order valence-corrected chi connectivity index (χ3v) is 3.25. The Kier molecular flexibility index (Phi) is 7.79. The van der Waals surface area contributed by atoms with Gasteiger partial charge in [-0.25, -0.2) is 0 Å². The average molecular weight is 313 g/mol. The Bertz CT molecular complexity index is 462. The normalized spacial score (nSPS) is 10.2. The van der Waals surface area contributed by atoms with Crippen LogP contribution in [0.25, 0.3) is 0 Å². The maximum absolute atomic E-state index is 11.8. The molecule has 2 amide bonds. The number of methoxy groups -OCH3 is 1. The van der Waals surface area contributed by atoms with Crippen LogP contribution in [0, 0.1) is 0 Å². The molecule has 0 spiro atoms. The summed E-state index contributed by atoms with van der Waals surface area (Å²) in [6.07, 6.45) is 1.08. The van der Waals surface area contributed by atoms with E-state index in [-0.39, 0.29) is 18.2 Å². The highest BCUT2D eigenvalue weighted by atomic mass is 35.5. The van der Waals surface area contributed by atoms with E-state index in [2.05, 4.69) is 5.32 Å². The van der Waals surface area contributed by atoms with E-state index in [0.717, 1.165) is 6.42 Å². The van der Waals surface area contributed by atoms with Crippen molar-refractivity contribution in [3.05, 3.63) is 34.9 Å². The summed E-state index contributed by atoms with van der Waals surface area (Å²) in [4.78, 5) is 25.3. The Morgan fingerprint density at radius 3 is 2.57 bits per heavy atom. The predicted octanol–water partition coefficient (Wildman–Crippen LogP) is 1.95. The van der Waals surface area contributed by atoms with Crippen molar-refractivity contribution < 1.29 is 14.3 Å². The number of hydrogen-bond donors (Lipinski definition) is 1. The van der Waals surface area contributed by atoms with Crippen molar-refractivity contribution in [2.75, 3.05) is 33.9 Å². The van der Waals surface area contributed by atoms with Crippen LogP contribution in [0.1, 0.15) is 23.2 Å². The highest BCUT2D eigenvalue weighted by molar-refractivity contribution is 6.30. The molecule has 1 N–H and O–H groups in total. The van der Waals surface area contributed by atoms with Gasteiger partial charge in [-0.2, -0.15) is 0 Å². The number of amides is 2. The predicted molar refractivity (Wildman–Crippen MR) is 82.5 cm³/mol. The van der Waals surface area contributed by atoms with E-state index >= 15 is 0 Å². The molecule has 6 heteroatoms. The molecule has 1 aromatic rings. The van der Waals surface area contributed by atoms with E-state index in [9.17, 15) is 9.59 Å². The van der Waals surface area contributed by atoms with Gasteiger partial charge in [-0.15, -0.1) is 0 Å². The van der Waals surface area contributed by atoms with Crippen molar-refractivity contribution >= 4 is 23.4 Å². The number of benzene rings is 1. The lowest BCUT2D eigenvalue weighted by molar-refractivity contribution is -0.129. The van der Waals surface area contributed by atoms with Gasteiger partial charge in [0, 0.05) is 50.9 Å². The Morgan fingerprint density at radius 2 is 1.95 bits per heavy atom. The second kappa shape index (κ2) is 9.37. The van der Waals surface area contributed by atoms with Gasteiger partial charge < -0.3 is 15.0 Å². The summed E-state index contributed by atoms with van der Waals surface area (Å²) >= 11 is 5.76. The van der Waals surface area contributed by atoms with E-state index < -0.39 is 0 Å². The fourth-order valence-electron chi connectivity index (χ4n) is 1.75. The van der Waals surface area contributed by atoms with Crippen molar-refractivity contribution in [2.24, 2.45) is 0 Å². The van der Waals surface area contributed by atoms with Gasteiger partial charge in [0.1, 0.15) is 0 Å². The Labute approximate surface area is 130 Å². The van der Waals surface area contributed by atoms with Crippen LogP contribution in [-0.2, 0) is 9.53 Å². The van der Waals surface area contributed by atoms with Crippen LogP contribution < -0.4 is 5.32 Å². The summed E-state index contributed by atoms with van der Waals surface area (Å²) in [6, 6.07) is 6.61. The van der Waals surface area contributed by atoms with Gasteiger partial charge in [-0.1, -0.05) is 11.6 Å². The van der Waals surface area contributed by atoms with E-state index in [1.807, 2.05) is 0 Å². The number of carbonyl (C=O) groups excluding carboxylic acids is 2. The average Bonchev–Trinajstić information content (AvgIpc) is 2.47. The van der Waals surface area contributed by atoms with E-state index in [4.69, 9.17) is 16.3 Å². The molecule has 1 rings (SSSR count). The molecule has 0 aromatic heterocycles. The minimum absolute atomic E-state index is 0.00232. The first-order chi connectivity index (χ1) is 10.0. The fourth-order valence-corrected chi connectivity index (χ4v) is 1.87. The van der Waals surface area contributed by atoms with Gasteiger partial charge in [0.05, 0.1) is 0 Å². The minimum Gasteiger partial charge on any atom is -0.385 e. The lowest BCUT2D eigenvalue weighted by Gasteiger charge is -2.17. The number of nitrogens with zero attached hydrogens (tertiary/aromatic N) is 1. The standard InChI is InChI=1S/C15H21ClN2O3/c1-18(10-3-11-21-2)14(19)8-9-17-15(20)12-4-6-13(16)7-5-12/h4-7H,3,8-11H2,1-2H3,(H,17,20). The van der Waals surface area contributed by atoms with Crippen LogP contribution in [-0.4, -0.2) is 50.6 Å². The fraction of sp³-hybridized carbons (Fsp3) is 0.467. The first kappa shape index (κ1) is 17.5. The number of nitrogens with one attached hydrogen (secondary N) is 1. The molecule has 0 bridgehead atoms. The van der Waals surface area contributed by atoms with E-state index in [1.54, 1.807) is 43.3 Å². The van der Waals surface area contributed by atoms with Crippen LogP contribution in [0.5, 0.6) is 0 Å². The maximum Gasteiger partial charge on any atom is 0.251 e. The smallest absolute Gasteiger partial charge is 0.251 e. The summed E-state index contributed by atoms with van der Waals surface area (Å²) in [5.41, 5.74) is 0.528. The highest BCUT2D eigenvalue weighted by Gasteiger charge is 2.10. The zero-order valence-corrected chi connectivity index (χ0v) is 13.2. The zero-order chi connectivity index (χ0) is 15.7. The second-order valence-electron chi connectivity index (χ2n) is 4.67. The molecule has 21 heavy (non-hydrogen) atoms. The number of halogens is 1. The maximum atomic E-state index is 11.8. The van der Waals surface area contributed by atoms with Gasteiger partial charge in [0.2, 0.25) is 5.91 Å². The SMILES string of the molecule is COCCCN(C)C(=O)CCNC(=O)c1ccc(Cl)cc1. The first-order valence-electron chi connectivity index (χ1n) is 6.81. The summed E-state index contributed by atoms with van der Waals surface area (Å²) < 4.78 is 4.94. The van der Waals surface area contributed by atoms with Crippen molar-refractivity contribution in [2.45, 2.75) is 12.8 Å². The first-order valence-corrected chi connectivity index (χ1v) is 7.19. The van der Waals surface area contributed by atoms with Crippen LogP contribution >= 0.6 is 11.6 Å². The third kappa shape index (κ3) is 6.60. The molecular weight excluding hydrogens is 292 g/mol. The lowest BCUT2D eigenvalue weighted by Crippen LogP contribution is -2.33. The molecule has 0 unspecified atom stereocenters. The highest BCUT2D eigenvalue weighted by Crippen LogP contribution is 2.09. The van der Waals surface area contributed by atoms with Crippen molar-refractivity contribution in [1.29, 1.82) is 0 Å². The largest absolute Gasteiger partial charge is 0.385 e. The van der Waals surface area contributed by atoms with Gasteiger partial charge >= 0.3 is 0 Å². The number of carbonyl (C=O) groups is 2. The van der Waals surface area contributed by atoms with Crippen molar-refractivity contribution in [3.63, 3.8) is 0 Å². The summed E-state index contributed by atoms with van der Waals surface area (Å²) in [5, 5.41) is 3.30. The second-order valence-corrected chi connectivity index (χ2v) is 5.11. The molecule has 0 aliphatic rings. The van der Waals surface area contributed by atoms with Gasteiger partial charge in [0.15, 0.2) is 0 Å². The zero-order valence-electron chi connectivity index (χ0n) is 12.4. The molecule has 0 fully saturated rings. The van der Waals surface area contributed by atoms with Gasteiger partial charge in [-0.05, 0) is 30.7 Å². The third-order valence-electron chi connectivity index (χ3n) is 3.00. The molecule has 0 saturated carbocycles. The Hall–Kier alpha value is -1.59. The van der Waals surface area contributed by atoms with Crippen LogP contribution in [0.2, 0.25) is 5.02 Å². The Balaban J connectivity index is 2.27. The summed E-state index contributed by atoms with van der Waals surface area (Å²) in [6.45, 7) is 1.59. The number of hydrogen-bond acceptors (Lipinski definition) is 3. The van der Waals surface area contributed by atoms with Crippen molar-refractivity contribution in [1.82, 2.24) is 10.2 Å². The quantitative estimate of drug-likeness (QED) is 0.746. The van der Waals surface area contributed by atoms with Crippen LogP contribution in [0.3, 0.4) is 0 Å². The molecule has 0 aliphatic heterocycles. The van der Waals surface area contributed by atoms with Crippen LogP contribution in [0.4, 0.5) is 0 Å². The van der Waals surface area contributed by atoms with Crippen LogP contribution in [0.15, 0.2) is 24.3 Å².